The van der Waals surface area contributed by atoms with E-state index >= 15 is 0 Å². The van der Waals surface area contributed by atoms with Crippen LogP contribution in [0.2, 0.25) is 0 Å². The minimum Gasteiger partial charge on any atom is -0.361 e. The zero-order valence-corrected chi connectivity index (χ0v) is 6.83. The smallest absolute Gasteiger partial charge is 0.152 e. The molecule has 0 saturated heterocycles. The molecule has 0 radical (unpaired) electrons. The van der Waals surface area contributed by atoms with E-state index < -0.39 is 0 Å². The topological polar surface area (TPSA) is 39.6 Å². The fourth-order valence-electron chi connectivity index (χ4n) is 1.23. The van der Waals surface area contributed by atoms with Crippen molar-refractivity contribution in [2.45, 2.75) is 0 Å². The third-order valence-electron chi connectivity index (χ3n) is 1.82. The van der Waals surface area contributed by atoms with Crippen molar-refractivity contribution in [1.82, 2.24) is 4.98 Å². The van der Waals surface area contributed by atoms with Crippen molar-refractivity contribution in [3.05, 3.63) is 36.0 Å². The van der Waals surface area contributed by atoms with Gasteiger partial charge in [0, 0.05) is 28.6 Å². The normalized spacial score (nSPS) is 8.85. The van der Waals surface area contributed by atoms with Gasteiger partial charge in [-0.05, 0) is 24.3 Å². The van der Waals surface area contributed by atoms with Crippen molar-refractivity contribution < 1.29 is 0 Å². The van der Waals surface area contributed by atoms with Crippen molar-refractivity contribution in [2.24, 2.45) is 0 Å². The summed E-state index contributed by atoms with van der Waals surface area (Å²) in [5.41, 5.74) is 1.95. The lowest BCUT2D eigenvalue weighted by atomic mass is 10.1. The number of hydrogen-bond donors (Lipinski definition) is 1. The predicted octanol–water partition coefficient (Wildman–Crippen LogP) is 2.04. The van der Waals surface area contributed by atoms with Crippen molar-refractivity contribution >= 4 is 10.9 Å². The number of aromatic amines is 1. The third-order valence-corrected chi connectivity index (χ3v) is 1.82. The van der Waals surface area contributed by atoms with Crippen LogP contribution in [-0.4, -0.2) is 4.98 Å². The zero-order valence-electron chi connectivity index (χ0n) is 6.83. The fourth-order valence-corrected chi connectivity index (χ4v) is 1.23. The summed E-state index contributed by atoms with van der Waals surface area (Å²) in [4.78, 5) is 3.09. The van der Waals surface area contributed by atoms with Gasteiger partial charge < -0.3 is 4.98 Å². The number of nitrogens with one attached hydrogen (secondary N) is 1. The van der Waals surface area contributed by atoms with Crippen LogP contribution in [0.5, 0.6) is 0 Å². The molecule has 1 aromatic carbocycles. The second-order valence-electron chi connectivity index (χ2n) is 2.64. The Balaban J connectivity index is 2.56. The molecule has 0 aliphatic carbocycles. The highest BCUT2D eigenvalue weighted by atomic mass is 14.7. The van der Waals surface area contributed by atoms with Crippen LogP contribution in [0.15, 0.2) is 30.5 Å². The Kier molecular flexibility index (Phi) is 1.75. The SMILES string of the molecule is N#CC#Cc1ccc2[nH]ccc2c1. The summed E-state index contributed by atoms with van der Waals surface area (Å²) in [7, 11) is 0. The van der Waals surface area contributed by atoms with Gasteiger partial charge in [-0.15, -0.1) is 0 Å². The van der Waals surface area contributed by atoms with Crippen molar-refractivity contribution in [3.63, 3.8) is 0 Å². The first-order valence-corrected chi connectivity index (χ1v) is 3.87. The number of hydrogen-bond acceptors (Lipinski definition) is 1. The second-order valence-corrected chi connectivity index (χ2v) is 2.64. The van der Waals surface area contributed by atoms with Gasteiger partial charge in [0.2, 0.25) is 0 Å². The molecule has 0 fully saturated rings. The number of nitrogens with zero attached hydrogens (tertiary/aromatic N) is 1. The first-order chi connectivity index (χ1) is 6.40. The molecule has 2 heteroatoms. The summed E-state index contributed by atoms with van der Waals surface area (Å²) in [6, 6.07) is 9.57. The molecule has 0 aliphatic heterocycles. The van der Waals surface area contributed by atoms with E-state index in [-0.39, 0.29) is 0 Å². The van der Waals surface area contributed by atoms with E-state index in [1.807, 2.05) is 30.5 Å². The summed E-state index contributed by atoms with van der Waals surface area (Å²) >= 11 is 0. The van der Waals surface area contributed by atoms with Crippen LogP contribution in [0.1, 0.15) is 5.56 Å². The van der Waals surface area contributed by atoms with Crippen LogP contribution >= 0.6 is 0 Å². The number of H-pyrrole nitrogens is 1. The number of nitriles is 1. The van der Waals surface area contributed by atoms with Crippen LogP contribution in [-0.2, 0) is 0 Å². The number of fused-ring (bicyclic) bond motifs is 1. The number of rotatable bonds is 0. The van der Waals surface area contributed by atoms with Gasteiger partial charge in [0.15, 0.2) is 6.07 Å². The van der Waals surface area contributed by atoms with E-state index in [0.29, 0.717) is 0 Å². The molecule has 0 bridgehead atoms. The quantitative estimate of drug-likeness (QED) is 0.597. The molecule has 0 spiro atoms. The van der Waals surface area contributed by atoms with E-state index in [9.17, 15) is 0 Å². The molecule has 2 nitrogen and oxygen atoms in total. The molecular formula is C11H6N2. The average molecular weight is 166 g/mol. The molecule has 0 unspecified atom stereocenters. The summed E-state index contributed by atoms with van der Waals surface area (Å²) in [5, 5.41) is 9.39. The molecular weight excluding hydrogens is 160 g/mol. The molecule has 2 rings (SSSR count). The highest BCUT2D eigenvalue weighted by molar-refractivity contribution is 5.80. The highest BCUT2D eigenvalue weighted by Gasteiger charge is 1.93. The third kappa shape index (κ3) is 1.38. The molecule has 0 aliphatic rings. The van der Waals surface area contributed by atoms with Crippen LogP contribution in [0, 0.1) is 23.2 Å². The monoisotopic (exact) mass is 166 g/mol. The molecule has 1 aromatic heterocycles. The van der Waals surface area contributed by atoms with Gasteiger partial charge in [-0.2, -0.15) is 5.26 Å². The van der Waals surface area contributed by atoms with Gasteiger partial charge in [-0.1, -0.05) is 5.92 Å². The Labute approximate surface area is 75.8 Å². The minimum absolute atomic E-state index is 0.869. The van der Waals surface area contributed by atoms with Crippen molar-refractivity contribution in [2.75, 3.05) is 0 Å². The van der Waals surface area contributed by atoms with Crippen LogP contribution < -0.4 is 0 Å². The molecule has 1 heterocycles. The summed E-state index contributed by atoms with van der Waals surface area (Å²) < 4.78 is 0. The Morgan fingerprint density at radius 1 is 1.23 bits per heavy atom. The Hall–Kier alpha value is -2.19. The summed E-state index contributed by atoms with van der Waals surface area (Å²) in [6.07, 6.45) is 1.88. The molecule has 0 atom stereocenters. The van der Waals surface area contributed by atoms with Crippen LogP contribution in [0.3, 0.4) is 0 Å². The lowest BCUT2D eigenvalue weighted by Gasteiger charge is -1.90. The standard InChI is InChI=1S/C11H6N2/c12-6-1-2-9-3-4-11-10(8-9)5-7-13-11/h3-5,7-8,13H. The maximum absolute atomic E-state index is 8.27. The Morgan fingerprint density at radius 2 is 2.15 bits per heavy atom. The lowest BCUT2D eigenvalue weighted by Crippen LogP contribution is -1.73. The molecule has 1 N–H and O–H groups in total. The molecule has 60 valence electrons. The zero-order chi connectivity index (χ0) is 9.10. The van der Waals surface area contributed by atoms with E-state index in [1.54, 1.807) is 6.07 Å². The van der Waals surface area contributed by atoms with Crippen LogP contribution in [0.25, 0.3) is 10.9 Å². The maximum atomic E-state index is 8.27. The first-order valence-electron chi connectivity index (χ1n) is 3.87. The lowest BCUT2D eigenvalue weighted by molar-refractivity contribution is 1.48. The van der Waals surface area contributed by atoms with E-state index in [0.717, 1.165) is 16.5 Å². The van der Waals surface area contributed by atoms with Crippen molar-refractivity contribution in [1.29, 1.82) is 5.26 Å². The molecule has 0 amide bonds. The number of benzene rings is 1. The largest absolute Gasteiger partial charge is 0.361 e. The molecule has 13 heavy (non-hydrogen) atoms. The highest BCUT2D eigenvalue weighted by Crippen LogP contribution is 2.13. The van der Waals surface area contributed by atoms with Crippen molar-refractivity contribution in [3.8, 4) is 17.9 Å². The van der Waals surface area contributed by atoms with Crippen LogP contribution in [0.4, 0.5) is 0 Å². The predicted molar refractivity (Wildman–Crippen MR) is 50.8 cm³/mol. The Morgan fingerprint density at radius 3 is 3.00 bits per heavy atom. The fraction of sp³-hybridized carbons (Fsp3) is 0. The summed E-state index contributed by atoms with van der Waals surface area (Å²) in [5.74, 6) is 5.12. The molecule has 0 saturated carbocycles. The van der Waals surface area contributed by atoms with Gasteiger partial charge in [0.25, 0.3) is 0 Å². The van der Waals surface area contributed by atoms with E-state index in [1.165, 1.54) is 0 Å². The van der Waals surface area contributed by atoms with Gasteiger partial charge in [-0.3, -0.25) is 0 Å². The number of aromatic nitrogens is 1. The van der Waals surface area contributed by atoms with E-state index in [4.69, 9.17) is 5.26 Å². The maximum Gasteiger partial charge on any atom is 0.152 e. The van der Waals surface area contributed by atoms with Gasteiger partial charge in [-0.25, -0.2) is 0 Å². The van der Waals surface area contributed by atoms with Gasteiger partial charge >= 0.3 is 0 Å². The minimum atomic E-state index is 0.869. The van der Waals surface area contributed by atoms with E-state index in [2.05, 4.69) is 16.8 Å². The van der Waals surface area contributed by atoms with Gasteiger partial charge in [0.05, 0.1) is 0 Å². The van der Waals surface area contributed by atoms with Gasteiger partial charge in [0.1, 0.15) is 0 Å². The average Bonchev–Trinajstić information content (AvgIpc) is 2.61. The summed E-state index contributed by atoms with van der Waals surface area (Å²) in [6.45, 7) is 0. The Bertz CT molecular complexity index is 532. The molecule has 2 aromatic rings. The second kappa shape index (κ2) is 3.05. The first kappa shape index (κ1) is 7.46.